The van der Waals surface area contributed by atoms with Gasteiger partial charge in [-0.25, -0.2) is 0 Å². The van der Waals surface area contributed by atoms with Gasteiger partial charge in [0.15, 0.2) is 0 Å². The average molecular weight is 254 g/mol. The number of hydrogen-bond donors (Lipinski definition) is 1. The third-order valence-corrected chi connectivity index (χ3v) is 3.72. The summed E-state index contributed by atoms with van der Waals surface area (Å²) in [4.78, 5) is 0. The Kier molecular flexibility index (Phi) is 4.26. The van der Waals surface area contributed by atoms with Crippen molar-refractivity contribution in [2.24, 2.45) is 0 Å². The molecule has 1 heteroatoms. The van der Waals surface area contributed by atoms with Crippen molar-refractivity contribution in [3.05, 3.63) is 53.1 Å². The van der Waals surface area contributed by atoms with E-state index in [0.717, 1.165) is 30.4 Å². The van der Waals surface area contributed by atoms with Crippen LogP contribution in [0.1, 0.15) is 37.5 Å². The summed E-state index contributed by atoms with van der Waals surface area (Å²) in [6, 6.07) is 12.5. The van der Waals surface area contributed by atoms with Crippen LogP contribution in [0, 0.1) is 0 Å². The van der Waals surface area contributed by atoms with Gasteiger partial charge in [-0.15, -0.1) is 0 Å². The Morgan fingerprint density at radius 3 is 2.00 bits per heavy atom. The van der Waals surface area contributed by atoms with Crippen molar-refractivity contribution >= 4 is 0 Å². The second-order valence-corrected chi connectivity index (χ2v) is 4.90. The van der Waals surface area contributed by atoms with Gasteiger partial charge in [-0.1, -0.05) is 45.0 Å². The highest BCUT2D eigenvalue weighted by Crippen LogP contribution is 2.33. The van der Waals surface area contributed by atoms with Crippen molar-refractivity contribution in [1.29, 1.82) is 0 Å². The van der Waals surface area contributed by atoms with Crippen LogP contribution in [0.25, 0.3) is 11.1 Å². The molecule has 0 aromatic heterocycles. The molecule has 0 saturated carbocycles. The zero-order chi connectivity index (χ0) is 13.8. The van der Waals surface area contributed by atoms with Crippen molar-refractivity contribution in [3.63, 3.8) is 0 Å². The smallest absolute Gasteiger partial charge is 0.123 e. The van der Waals surface area contributed by atoms with Gasteiger partial charge in [0.05, 0.1) is 0 Å². The van der Waals surface area contributed by atoms with Gasteiger partial charge in [0, 0.05) is 5.56 Å². The molecule has 0 fully saturated rings. The molecule has 0 aliphatic heterocycles. The first-order valence-corrected chi connectivity index (χ1v) is 7.13. The molecule has 1 N–H and O–H groups in total. The summed E-state index contributed by atoms with van der Waals surface area (Å²) < 4.78 is 0. The number of benzene rings is 2. The molecule has 0 aliphatic carbocycles. The van der Waals surface area contributed by atoms with Crippen LogP contribution in [-0.4, -0.2) is 5.11 Å². The molecular weight excluding hydrogens is 232 g/mol. The van der Waals surface area contributed by atoms with E-state index in [4.69, 9.17) is 0 Å². The standard InChI is InChI=1S/C18H22O/c1-4-13-7-9-16(15(6-3)11-13)17-12-14(5-2)8-10-18(17)19/h7-12,19H,4-6H2,1-3H3. The SMILES string of the molecule is CCc1ccc(-c2cc(CC)ccc2O)c(CC)c1. The van der Waals surface area contributed by atoms with Crippen molar-refractivity contribution in [2.45, 2.75) is 40.0 Å². The van der Waals surface area contributed by atoms with Crippen LogP contribution in [0.15, 0.2) is 36.4 Å². The molecule has 100 valence electrons. The third kappa shape index (κ3) is 2.81. The van der Waals surface area contributed by atoms with Crippen LogP contribution < -0.4 is 0 Å². The highest BCUT2D eigenvalue weighted by Gasteiger charge is 2.09. The maximum atomic E-state index is 10.1. The quantitative estimate of drug-likeness (QED) is 0.835. The topological polar surface area (TPSA) is 20.2 Å². The van der Waals surface area contributed by atoms with Gasteiger partial charge in [0.1, 0.15) is 5.75 Å². The fraction of sp³-hybridized carbons (Fsp3) is 0.333. The summed E-state index contributed by atoms with van der Waals surface area (Å²) in [6.07, 6.45) is 3.02. The summed E-state index contributed by atoms with van der Waals surface area (Å²) in [5.41, 5.74) is 6.04. The molecule has 0 radical (unpaired) electrons. The Bertz CT molecular complexity index is 570. The molecule has 0 heterocycles. The molecule has 2 aromatic rings. The summed E-state index contributed by atoms with van der Waals surface area (Å²) in [7, 11) is 0. The Balaban J connectivity index is 2.57. The van der Waals surface area contributed by atoms with E-state index in [2.05, 4.69) is 45.0 Å². The van der Waals surface area contributed by atoms with Crippen LogP contribution in [0.4, 0.5) is 0 Å². The Hall–Kier alpha value is -1.76. The summed E-state index contributed by atoms with van der Waals surface area (Å²) in [5.74, 6) is 0.371. The van der Waals surface area contributed by atoms with E-state index < -0.39 is 0 Å². The second kappa shape index (κ2) is 5.92. The normalized spacial score (nSPS) is 10.7. The number of hydrogen-bond acceptors (Lipinski definition) is 1. The number of aryl methyl sites for hydroxylation is 3. The Morgan fingerprint density at radius 2 is 1.37 bits per heavy atom. The molecule has 2 aromatic carbocycles. The molecular formula is C18H22O. The molecule has 2 rings (SSSR count). The number of phenolic OH excluding ortho intramolecular Hbond substituents is 1. The van der Waals surface area contributed by atoms with Gasteiger partial charge in [-0.3, -0.25) is 0 Å². The van der Waals surface area contributed by atoms with Gasteiger partial charge in [0.2, 0.25) is 0 Å². The van der Waals surface area contributed by atoms with E-state index in [-0.39, 0.29) is 0 Å². The van der Waals surface area contributed by atoms with Crippen molar-refractivity contribution in [3.8, 4) is 16.9 Å². The zero-order valence-corrected chi connectivity index (χ0v) is 12.0. The van der Waals surface area contributed by atoms with Crippen molar-refractivity contribution < 1.29 is 5.11 Å². The van der Waals surface area contributed by atoms with E-state index in [9.17, 15) is 5.11 Å². The predicted octanol–water partition coefficient (Wildman–Crippen LogP) is 4.75. The van der Waals surface area contributed by atoms with Gasteiger partial charge >= 0.3 is 0 Å². The summed E-state index contributed by atoms with van der Waals surface area (Å²) in [5, 5.41) is 10.1. The first-order valence-electron chi connectivity index (χ1n) is 7.13. The summed E-state index contributed by atoms with van der Waals surface area (Å²) in [6.45, 7) is 6.47. The second-order valence-electron chi connectivity index (χ2n) is 4.90. The average Bonchev–Trinajstić information content (AvgIpc) is 2.47. The van der Waals surface area contributed by atoms with Crippen LogP contribution in [0.3, 0.4) is 0 Å². The van der Waals surface area contributed by atoms with E-state index in [1.807, 2.05) is 6.07 Å². The van der Waals surface area contributed by atoms with Crippen molar-refractivity contribution in [1.82, 2.24) is 0 Å². The predicted molar refractivity (Wildman–Crippen MR) is 81.7 cm³/mol. The molecule has 0 saturated heterocycles. The minimum atomic E-state index is 0.371. The van der Waals surface area contributed by atoms with Crippen LogP contribution in [0.2, 0.25) is 0 Å². The molecule has 0 bridgehead atoms. The zero-order valence-electron chi connectivity index (χ0n) is 12.0. The molecule has 0 aliphatic rings. The van der Waals surface area contributed by atoms with E-state index in [0.29, 0.717) is 5.75 Å². The number of aromatic hydroxyl groups is 1. The lowest BCUT2D eigenvalue weighted by Crippen LogP contribution is -1.92. The molecule has 0 unspecified atom stereocenters. The lowest BCUT2D eigenvalue weighted by Gasteiger charge is -2.13. The maximum Gasteiger partial charge on any atom is 0.123 e. The Morgan fingerprint density at radius 1 is 0.737 bits per heavy atom. The lowest BCUT2D eigenvalue weighted by molar-refractivity contribution is 0.477. The molecule has 0 atom stereocenters. The van der Waals surface area contributed by atoms with E-state index in [1.165, 1.54) is 16.7 Å². The number of rotatable bonds is 4. The number of phenols is 1. The maximum absolute atomic E-state index is 10.1. The van der Waals surface area contributed by atoms with Crippen molar-refractivity contribution in [2.75, 3.05) is 0 Å². The molecule has 0 amide bonds. The fourth-order valence-corrected chi connectivity index (χ4v) is 2.44. The minimum Gasteiger partial charge on any atom is -0.507 e. The van der Waals surface area contributed by atoms with Gasteiger partial charge in [-0.05, 0) is 53.6 Å². The lowest BCUT2D eigenvalue weighted by atomic mass is 9.93. The van der Waals surface area contributed by atoms with E-state index >= 15 is 0 Å². The molecule has 1 nitrogen and oxygen atoms in total. The van der Waals surface area contributed by atoms with Gasteiger partial charge in [0.25, 0.3) is 0 Å². The minimum absolute atomic E-state index is 0.371. The summed E-state index contributed by atoms with van der Waals surface area (Å²) >= 11 is 0. The first kappa shape index (κ1) is 13.7. The largest absolute Gasteiger partial charge is 0.507 e. The van der Waals surface area contributed by atoms with Gasteiger partial charge < -0.3 is 5.11 Å². The third-order valence-electron chi connectivity index (χ3n) is 3.72. The van der Waals surface area contributed by atoms with Crippen LogP contribution in [0.5, 0.6) is 5.75 Å². The highest BCUT2D eigenvalue weighted by atomic mass is 16.3. The van der Waals surface area contributed by atoms with E-state index in [1.54, 1.807) is 6.07 Å². The monoisotopic (exact) mass is 254 g/mol. The van der Waals surface area contributed by atoms with Crippen LogP contribution in [-0.2, 0) is 19.3 Å². The molecule has 0 spiro atoms. The van der Waals surface area contributed by atoms with Crippen LogP contribution >= 0.6 is 0 Å². The first-order chi connectivity index (χ1) is 9.19. The van der Waals surface area contributed by atoms with Gasteiger partial charge in [-0.2, -0.15) is 0 Å². The highest BCUT2D eigenvalue weighted by molar-refractivity contribution is 5.74. The Labute approximate surface area is 115 Å². The molecule has 19 heavy (non-hydrogen) atoms. The fourth-order valence-electron chi connectivity index (χ4n) is 2.44.